The Morgan fingerprint density at radius 1 is 1.12 bits per heavy atom. The maximum absolute atomic E-state index is 12.3. The number of carbonyl (C=O) groups excluding carboxylic acids is 1. The van der Waals surface area contributed by atoms with Crippen LogP contribution in [-0.4, -0.2) is 20.7 Å². The SMILES string of the molecule is Cc1c(C(C)NC(=O)c2ccc[nH]2)cnn1-c1cccc2ccccc12. The quantitative estimate of drug-likeness (QED) is 0.584. The zero-order chi connectivity index (χ0) is 18.1. The topological polar surface area (TPSA) is 62.7 Å². The number of nitrogens with zero attached hydrogens (tertiary/aromatic N) is 2. The molecule has 1 amide bonds. The molecule has 0 aliphatic rings. The number of H-pyrrole nitrogens is 1. The third-order valence-electron chi connectivity index (χ3n) is 4.70. The van der Waals surface area contributed by atoms with Gasteiger partial charge in [0.05, 0.1) is 17.9 Å². The summed E-state index contributed by atoms with van der Waals surface area (Å²) >= 11 is 0. The van der Waals surface area contributed by atoms with Crippen molar-refractivity contribution in [3.63, 3.8) is 0 Å². The van der Waals surface area contributed by atoms with Crippen molar-refractivity contribution in [3.8, 4) is 5.69 Å². The minimum Gasteiger partial charge on any atom is -0.357 e. The lowest BCUT2D eigenvalue weighted by molar-refractivity contribution is 0.0935. The molecule has 5 heteroatoms. The highest BCUT2D eigenvalue weighted by molar-refractivity contribution is 5.92. The van der Waals surface area contributed by atoms with Gasteiger partial charge in [-0.2, -0.15) is 5.10 Å². The fourth-order valence-electron chi connectivity index (χ4n) is 3.31. The van der Waals surface area contributed by atoms with Gasteiger partial charge >= 0.3 is 0 Å². The molecule has 1 atom stereocenters. The molecule has 0 aliphatic heterocycles. The second-order valence-corrected chi connectivity index (χ2v) is 6.37. The molecule has 0 saturated carbocycles. The lowest BCUT2D eigenvalue weighted by atomic mass is 10.1. The standard InChI is InChI=1S/C21H20N4O/c1-14(24-21(26)19-10-6-12-22-19)18-13-23-25(15(18)2)20-11-5-8-16-7-3-4-9-17(16)20/h3-14,22H,1-2H3,(H,24,26). The average Bonchev–Trinajstić information content (AvgIpc) is 3.31. The molecular weight excluding hydrogens is 324 g/mol. The maximum Gasteiger partial charge on any atom is 0.268 e. The van der Waals surface area contributed by atoms with Gasteiger partial charge in [-0.3, -0.25) is 4.79 Å². The van der Waals surface area contributed by atoms with Crippen LogP contribution in [0, 0.1) is 6.92 Å². The number of carbonyl (C=O) groups is 1. The van der Waals surface area contributed by atoms with E-state index in [9.17, 15) is 4.79 Å². The van der Waals surface area contributed by atoms with Gasteiger partial charge in [0.1, 0.15) is 5.69 Å². The van der Waals surface area contributed by atoms with Gasteiger partial charge < -0.3 is 10.3 Å². The van der Waals surface area contributed by atoms with E-state index < -0.39 is 0 Å². The molecule has 0 spiro atoms. The molecule has 2 heterocycles. The third-order valence-corrected chi connectivity index (χ3v) is 4.70. The highest BCUT2D eigenvalue weighted by Gasteiger charge is 2.18. The Morgan fingerprint density at radius 2 is 1.92 bits per heavy atom. The number of hydrogen-bond acceptors (Lipinski definition) is 2. The summed E-state index contributed by atoms with van der Waals surface area (Å²) in [4.78, 5) is 15.2. The number of rotatable bonds is 4. The van der Waals surface area contributed by atoms with Crippen molar-refractivity contribution < 1.29 is 4.79 Å². The van der Waals surface area contributed by atoms with E-state index in [2.05, 4.69) is 39.7 Å². The minimum absolute atomic E-state index is 0.125. The lowest BCUT2D eigenvalue weighted by Crippen LogP contribution is -2.27. The first kappa shape index (κ1) is 16.1. The van der Waals surface area contributed by atoms with Crippen LogP contribution < -0.4 is 5.32 Å². The average molecular weight is 344 g/mol. The third kappa shape index (κ3) is 2.77. The summed E-state index contributed by atoms with van der Waals surface area (Å²) in [6.07, 6.45) is 3.57. The van der Waals surface area contributed by atoms with E-state index in [1.54, 1.807) is 12.3 Å². The molecule has 2 N–H and O–H groups in total. The van der Waals surface area contributed by atoms with Crippen LogP contribution in [0.15, 0.2) is 67.0 Å². The van der Waals surface area contributed by atoms with Crippen LogP contribution in [0.5, 0.6) is 0 Å². The number of aromatic nitrogens is 3. The van der Waals surface area contributed by atoms with Crippen LogP contribution in [-0.2, 0) is 0 Å². The van der Waals surface area contributed by atoms with Crippen LogP contribution >= 0.6 is 0 Å². The molecule has 1 unspecified atom stereocenters. The second kappa shape index (κ2) is 6.52. The summed E-state index contributed by atoms with van der Waals surface area (Å²) in [5, 5.41) is 9.93. The summed E-state index contributed by atoms with van der Waals surface area (Å²) in [6.45, 7) is 4.00. The van der Waals surface area contributed by atoms with E-state index >= 15 is 0 Å². The second-order valence-electron chi connectivity index (χ2n) is 6.37. The van der Waals surface area contributed by atoms with Crippen molar-refractivity contribution in [1.29, 1.82) is 0 Å². The molecule has 2 aromatic heterocycles. The maximum atomic E-state index is 12.3. The Labute approximate surface area is 151 Å². The molecule has 4 rings (SSSR count). The fourth-order valence-corrected chi connectivity index (χ4v) is 3.31. The predicted molar refractivity (Wildman–Crippen MR) is 102 cm³/mol. The number of aromatic amines is 1. The van der Waals surface area contributed by atoms with Gasteiger partial charge in [0.15, 0.2) is 0 Å². The smallest absolute Gasteiger partial charge is 0.268 e. The molecule has 0 aliphatic carbocycles. The van der Waals surface area contributed by atoms with Gasteiger partial charge in [-0.15, -0.1) is 0 Å². The number of benzene rings is 2. The first-order valence-corrected chi connectivity index (χ1v) is 8.62. The highest BCUT2D eigenvalue weighted by Crippen LogP contribution is 2.25. The monoisotopic (exact) mass is 344 g/mol. The van der Waals surface area contributed by atoms with Crippen LogP contribution in [0.4, 0.5) is 0 Å². The zero-order valence-corrected chi connectivity index (χ0v) is 14.7. The van der Waals surface area contributed by atoms with Gasteiger partial charge in [0, 0.05) is 22.8 Å². The Bertz CT molecular complexity index is 1060. The van der Waals surface area contributed by atoms with Crippen LogP contribution in [0.1, 0.15) is 34.7 Å². The fraction of sp³-hybridized carbons (Fsp3) is 0.143. The van der Waals surface area contributed by atoms with E-state index in [-0.39, 0.29) is 11.9 Å². The molecule has 0 fully saturated rings. The van der Waals surface area contributed by atoms with E-state index in [0.29, 0.717) is 5.69 Å². The summed E-state index contributed by atoms with van der Waals surface area (Å²) < 4.78 is 1.94. The van der Waals surface area contributed by atoms with Gasteiger partial charge in [-0.1, -0.05) is 36.4 Å². The molecule has 0 bridgehead atoms. The van der Waals surface area contributed by atoms with Gasteiger partial charge in [0.2, 0.25) is 0 Å². The van der Waals surface area contributed by atoms with Crippen molar-refractivity contribution >= 4 is 16.7 Å². The Morgan fingerprint density at radius 3 is 2.73 bits per heavy atom. The van der Waals surface area contributed by atoms with Gasteiger partial charge in [-0.25, -0.2) is 4.68 Å². The van der Waals surface area contributed by atoms with Gasteiger partial charge in [0.25, 0.3) is 5.91 Å². The molecular formula is C21H20N4O. The van der Waals surface area contributed by atoms with Crippen molar-refractivity contribution in [2.45, 2.75) is 19.9 Å². The molecule has 26 heavy (non-hydrogen) atoms. The molecule has 130 valence electrons. The van der Waals surface area contributed by atoms with E-state index in [1.165, 1.54) is 5.39 Å². The molecule has 5 nitrogen and oxygen atoms in total. The molecule has 2 aromatic carbocycles. The first-order chi connectivity index (χ1) is 12.6. The van der Waals surface area contributed by atoms with Crippen LogP contribution in [0.2, 0.25) is 0 Å². The summed E-state index contributed by atoms with van der Waals surface area (Å²) in [5.41, 5.74) is 3.60. The van der Waals surface area contributed by atoms with E-state index in [1.807, 2.05) is 49.0 Å². The highest BCUT2D eigenvalue weighted by atomic mass is 16.1. The number of fused-ring (bicyclic) bond motifs is 1. The molecule has 0 saturated heterocycles. The van der Waals surface area contributed by atoms with Crippen LogP contribution in [0.25, 0.3) is 16.5 Å². The predicted octanol–water partition coefficient (Wildman–Crippen LogP) is 4.15. The Hall–Kier alpha value is -3.34. The largest absolute Gasteiger partial charge is 0.357 e. The summed E-state index contributed by atoms with van der Waals surface area (Å²) in [5.74, 6) is -0.125. The number of amides is 1. The number of nitrogens with one attached hydrogen (secondary N) is 2. The number of hydrogen-bond donors (Lipinski definition) is 2. The zero-order valence-electron chi connectivity index (χ0n) is 14.7. The summed E-state index contributed by atoms with van der Waals surface area (Å²) in [6, 6.07) is 17.9. The van der Waals surface area contributed by atoms with Crippen molar-refractivity contribution in [2.24, 2.45) is 0 Å². The molecule has 4 aromatic rings. The normalized spacial score (nSPS) is 12.2. The van der Waals surface area contributed by atoms with Gasteiger partial charge in [-0.05, 0) is 37.4 Å². The van der Waals surface area contributed by atoms with E-state index in [4.69, 9.17) is 0 Å². The Kier molecular flexibility index (Phi) is 4.05. The first-order valence-electron chi connectivity index (χ1n) is 8.62. The summed E-state index contributed by atoms with van der Waals surface area (Å²) in [7, 11) is 0. The molecule has 0 radical (unpaired) electrons. The Balaban J connectivity index is 1.67. The lowest BCUT2D eigenvalue weighted by Gasteiger charge is -2.14. The van der Waals surface area contributed by atoms with Crippen LogP contribution in [0.3, 0.4) is 0 Å². The van der Waals surface area contributed by atoms with Crippen molar-refractivity contribution in [1.82, 2.24) is 20.1 Å². The minimum atomic E-state index is -0.144. The van der Waals surface area contributed by atoms with E-state index in [0.717, 1.165) is 22.3 Å². The van der Waals surface area contributed by atoms with Crippen molar-refractivity contribution in [3.05, 3.63) is 83.9 Å². The van der Waals surface area contributed by atoms with Crippen molar-refractivity contribution in [2.75, 3.05) is 0 Å².